The van der Waals surface area contributed by atoms with Crippen LogP contribution in [0.15, 0.2) is 60.7 Å². The molecule has 0 amide bonds. The summed E-state index contributed by atoms with van der Waals surface area (Å²) in [5.41, 5.74) is 7.82. The van der Waals surface area contributed by atoms with Gasteiger partial charge < -0.3 is 15.3 Å². The predicted octanol–water partition coefficient (Wildman–Crippen LogP) is 7.84. The molecule has 36 heavy (non-hydrogen) atoms. The molecule has 1 heterocycles. The fourth-order valence-electron chi connectivity index (χ4n) is 5.51. The first kappa shape index (κ1) is 25.1. The summed E-state index contributed by atoms with van der Waals surface area (Å²) in [5, 5.41) is 15.1. The van der Waals surface area contributed by atoms with Gasteiger partial charge in [-0.3, -0.25) is 4.39 Å². The Labute approximate surface area is 222 Å². The van der Waals surface area contributed by atoms with E-state index in [1.165, 1.54) is 5.57 Å². The topological polar surface area (TPSA) is 35.5 Å². The third kappa shape index (κ3) is 5.56. The van der Waals surface area contributed by atoms with E-state index >= 15 is 0 Å². The van der Waals surface area contributed by atoms with Gasteiger partial charge in [-0.05, 0) is 102 Å². The lowest BCUT2D eigenvalue weighted by atomic mass is 9.87. The van der Waals surface area contributed by atoms with Gasteiger partial charge in [0, 0.05) is 41.4 Å². The Balaban J connectivity index is 1.49. The molecule has 1 aliphatic carbocycles. The second-order valence-electron chi connectivity index (χ2n) is 9.72. The van der Waals surface area contributed by atoms with E-state index in [1.807, 2.05) is 24.3 Å². The van der Waals surface area contributed by atoms with E-state index in [2.05, 4.69) is 34.5 Å². The Morgan fingerprint density at radius 2 is 1.78 bits per heavy atom. The molecule has 188 valence electrons. The van der Waals surface area contributed by atoms with Crippen LogP contribution in [0.2, 0.25) is 10.0 Å². The molecule has 0 unspecified atom stereocenters. The maximum atomic E-state index is 12.5. The first-order valence-electron chi connectivity index (χ1n) is 12.7. The van der Waals surface area contributed by atoms with Gasteiger partial charge in [0.05, 0.1) is 6.67 Å². The highest BCUT2D eigenvalue weighted by atomic mass is 35.5. The molecule has 3 aromatic carbocycles. The number of rotatable bonds is 7. The van der Waals surface area contributed by atoms with Crippen LogP contribution in [0.25, 0.3) is 11.1 Å². The summed E-state index contributed by atoms with van der Waals surface area (Å²) in [6, 6.07) is 20.3. The van der Waals surface area contributed by atoms with E-state index in [9.17, 15) is 9.50 Å². The minimum Gasteiger partial charge on any atom is -0.508 e. The largest absolute Gasteiger partial charge is 0.508 e. The summed E-state index contributed by atoms with van der Waals surface area (Å²) < 4.78 is 12.5. The number of hydrogen-bond donors (Lipinski definition) is 2. The zero-order valence-corrected chi connectivity index (χ0v) is 21.8. The lowest BCUT2D eigenvalue weighted by Gasteiger charge is -2.19. The van der Waals surface area contributed by atoms with Crippen molar-refractivity contribution in [3.05, 3.63) is 93.0 Å². The number of allylic oxidation sites excluding steroid dienone is 1. The monoisotopic (exact) mass is 524 g/mol. The summed E-state index contributed by atoms with van der Waals surface area (Å²) >= 11 is 12.9. The number of anilines is 1. The lowest BCUT2D eigenvalue weighted by molar-refractivity contribution is 0.310. The summed E-state index contributed by atoms with van der Waals surface area (Å²) in [7, 11) is 0. The van der Waals surface area contributed by atoms with Gasteiger partial charge in [0.25, 0.3) is 0 Å². The van der Waals surface area contributed by atoms with Crippen LogP contribution in [0.5, 0.6) is 5.75 Å². The smallest absolute Gasteiger partial charge is 0.115 e. The van der Waals surface area contributed by atoms with Gasteiger partial charge in [-0.25, -0.2) is 0 Å². The number of aromatic hydroxyl groups is 1. The molecule has 1 saturated heterocycles. The van der Waals surface area contributed by atoms with E-state index < -0.39 is 0 Å². The van der Waals surface area contributed by atoms with E-state index in [1.54, 1.807) is 12.1 Å². The molecule has 1 fully saturated rings. The van der Waals surface area contributed by atoms with Crippen LogP contribution in [-0.2, 0) is 6.42 Å². The molecule has 1 aliphatic heterocycles. The quantitative estimate of drug-likeness (QED) is 0.330. The van der Waals surface area contributed by atoms with Gasteiger partial charge in [0.1, 0.15) is 5.75 Å². The Morgan fingerprint density at radius 3 is 2.56 bits per heavy atom. The SMILES string of the molecule is Oc1ccc2c(c1)CCCC(c1ccc(Cl)cc1Cl)=C2c1ccc(N[C@H]2CCN(CCCF)C2)cc1. The molecule has 1 atom stereocenters. The summed E-state index contributed by atoms with van der Waals surface area (Å²) in [4.78, 5) is 2.33. The van der Waals surface area contributed by atoms with Gasteiger partial charge in [-0.1, -0.05) is 47.5 Å². The van der Waals surface area contributed by atoms with Crippen molar-refractivity contribution in [3.8, 4) is 5.75 Å². The van der Waals surface area contributed by atoms with Gasteiger partial charge in [0.2, 0.25) is 0 Å². The molecule has 2 N–H and O–H groups in total. The molecule has 0 aromatic heterocycles. The number of aryl methyl sites for hydroxylation is 1. The van der Waals surface area contributed by atoms with Crippen LogP contribution in [0, 0.1) is 0 Å². The third-order valence-electron chi connectivity index (χ3n) is 7.21. The number of alkyl halides is 1. The number of phenols is 1. The van der Waals surface area contributed by atoms with Crippen molar-refractivity contribution in [2.45, 2.75) is 38.1 Å². The highest BCUT2D eigenvalue weighted by Gasteiger charge is 2.24. The van der Waals surface area contributed by atoms with Crippen molar-refractivity contribution in [3.63, 3.8) is 0 Å². The zero-order valence-electron chi connectivity index (χ0n) is 20.2. The van der Waals surface area contributed by atoms with E-state index in [0.717, 1.165) is 78.8 Å². The molecular weight excluding hydrogens is 494 g/mol. The maximum absolute atomic E-state index is 12.5. The summed E-state index contributed by atoms with van der Waals surface area (Å²) in [6.45, 7) is 2.53. The summed E-state index contributed by atoms with van der Waals surface area (Å²) in [5.74, 6) is 0.290. The Hall–Kier alpha value is -2.53. The highest BCUT2D eigenvalue weighted by molar-refractivity contribution is 6.36. The number of benzene rings is 3. The zero-order chi connectivity index (χ0) is 25.1. The van der Waals surface area contributed by atoms with Gasteiger partial charge in [-0.15, -0.1) is 0 Å². The number of hydrogen-bond acceptors (Lipinski definition) is 3. The molecule has 3 nitrogen and oxygen atoms in total. The Morgan fingerprint density at radius 1 is 0.972 bits per heavy atom. The Bertz CT molecular complexity index is 1260. The first-order valence-corrected chi connectivity index (χ1v) is 13.4. The predicted molar refractivity (Wildman–Crippen MR) is 149 cm³/mol. The lowest BCUT2D eigenvalue weighted by Crippen LogP contribution is -2.27. The molecule has 0 spiro atoms. The number of likely N-dealkylation sites (tertiary alicyclic amines) is 1. The second kappa shape index (κ2) is 11.2. The minimum atomic E-state index is -0.252. The number of nitrogens with zero attached hydrogens (tertiary/aromatic N) is 1. The fraction of sp³-hybridized carbons (Fsp3) is 0.333. The van der Waals surface area contributed by atoms with Crippen LogP contribution >= 0.6 is 23.2 Å². The first-order chi connectivity index (χ1) is 17.5. The average molecular weight is 525 g/mol. The number of halogens is 3. The van der Waals surface area contributed by atoms with E-state index in [0.29, 0.717) is 22.5 Å². The second-order valence-corrected chi connectivity index (χ2v) is 10.6. The van der Waals surface area contributed by atoms with Gasteiger partial charge in [0.15, 0.2) is 0 Å². The third-order valence-corrected chi connectivity index (χ3v) is 7.76. The van der Waals surface area contributed by atoms with Gasteiger partial charge >= 0.3 is 0 Å². The van der Waals surface area contributed by atoms with Gasteiger partial charge in [-0.2, -0.15) is 0 Å². The molecule has 0 radical (unpaired) electrons. The molecule has 6 heteroatoms. The van der Waals surface area contributed by atoms with Crippen LogP contribution in [0.1, 0.15) is 47.9 Å². The molecular formula is C30H31Cl2FN2O. The Kier molecular flexibility index (Phi) is 7.85. The molecule has 0 bridgehead atoms. The van der Waals surface area contributed by atoms with E-state index in [4.69, 9.17) is 23.2 Å². The molecule has 2 aliphatic rings. The maximum Gasteiger partial charge on any atom is 0.115 e. The van der Waals surface area contributed by atoms with Crippen molar-refractivity contribution in [2.75, 3.05) is 31.6 Å². The van der Waals surface area contributed by atoms with Crippen molar-refractivity contribution < 1.29 is 9.50 Å². The number of nitrogens with one attached hydrogen (secondary N) is 1. The van der Waals surface area contributed by atoms with Crippen molar-refractivity contribution in [1.82, 2.24) is 4.90 Å². The van der Waals surface area contributed by atoms with Crippen LogP contribution in [0.3, 0.4) is 0 Å². The highest BCUT2D eigenvalue weighted by Crippen LogP contribution is 2.43. The summed E-state index contributed by atoms with van der Waals surface area (Å²) in [6.07, 6.45) is 4.41. The van der Waals surface area contributed by atoms with Crippen LogP contribution in [0.4, 0.5) is 10.1 Å². The van der Waals surface area contributed by atoms with Crippen molar-refractivity contribution >= 4 is 40.0 Å². The van der Waals surface area contributed by atoms with Crippen molar-refractivity contribution in [2.24, 2.45) is 0 Å². The van der Waals surface area contributed by atoms with Crippen LogP contribution in [-0.4, -0.2) is 42.4 Å². The van der Waals surface area contributed by atoms with Crippen LogP contribution < -0.4 is 5.32 Å². The standard InChI is InChI=1S/C30H31Cl2FN2O/c31-22-7-11-27(29(32)18-22)28-4-1-3-21-17-25(36)10-12-26(21)30(28)20-5-8-23(9-6-20)34-24-13-16-35(19-24)15-2-14-33/h5-12,17-18,24,34,36H,1-4,13-16,19H2/t24-/m0/s1. The number of phenolic OH excluding ortho intramolecular Hbond substituents is 1. The normalized spacial score (nSPS) is 18.2. The molecule has 5 rings (SSSR count). The number of fused-ring (bicyclic) bond motifs is 1. The fourth-order valence-corrected chi connectivity index (χ4v) is 6.04. The van der Waals surface area contributed by atoms with Crippen molar-refractivity contribution in [1.29, 1.82) is 0 Å². The molecule has 0 saturated carbocycles. The average Bonchev–Trinajstić information content (AvgIpc) is 3.22. The van der Waals surface area contributed by atoms with E-state index in [-0.39, 0.29) is 12.4 Å². The molecule has 3 aromatic rings. The minimum absolute atomic E-state index is 0.252.